The highest BCUT2D eigenvalue weighted by Crippen LogP contribution is 2.19. The van der Waals surface area contributed by atoms with Crippen LogP contribution in [0.15, 0.2) is 0 Å². The van der Waals surface area contributed by atoms with Gasteiger partial charge in [0.05, 0.1) is 13.2 Å². The van der Waals surface area contributed by atoms with Crippen molar-refractivity contribution in [3.8, 4) is 0 Å². The molecular weight excluding hydrogens is 210 g/mol. The molecule has 0 radical (unpaired) electrons. The average Bonchev–Trinajstić information content (AvgIpc) is 2.98. The van der Waals surface area contributed by atoms with E-state index in [0.29, 0.717) is 19.6 Å². The van der Waals surface area contributed by atoms with E-state index in [1.54, 1.807) is 13.8 Å². The van der Waals surface area contributed by atoms with Gasteiger partial charge < -0.3 is 9.47 Å². The van der Waals surface area contributed by atoms with Crippen LogP contribution < -0.4 is 0 Å². The van der Waals surface area contributed by atoms with Crippen molar-refractivity contribution in [3.05, 3.63) is 0 Å². The third-order valence-corrected chi connectivity index (χ3v) is 2.40. The van der Waals surface area contributed by atoms with Crippen LogP contribution >= 0.6 is 0 Å². The van der Waals surface area contributed by atoms with Gasteiger partial charge in [0, 0.05) is 13.0 Å². The van der Waals surface area contributed by atoms with Gasteiger partial charge in [-0.3, -0.25) is 14.5 Å². The van der Waals surface area contributed by atoms with Gasteiger partial charge in [0.15, 0.2) is 0 Å². The Balaban J connectivity index is 2.04. The lowest BCUT2D eigenvalue weighted by Gasteiger charge is -2.04. The lowest BCUT2D eigenvalue weighted by Crippen LogP contribution is -2.17. The van der Waals surface area contributed by atoms with Crippen molar-refractivity contribution in [1.29, 1.82) is 0 Å². The van der Waals surface area contributed by atoms with Gasteiger partial charge in [0.1, 0.15) is 6.04 Å². The molecule has 1 unspecified atom stereocenters. The third kappa shape index (κ3) is 4.18. The summed E-state index contributed by atoms with van der Waals surface area (Å²) in [5.74, 6) is -0.323. The van der Waals surface area contributed by atoms with Crippen LogP contribution in [-0.4, -0.2) is 49.2 Å². The first-order chi connectivity index (χ1) is 7.69. The van der Waals surface area contributed by atoms with Crippen molar-refractivity contribution in [3.63, 3.8) is 0 Å². The second kappa shape index (κ2) is 6.48. The fourth-order valence-corrected chi connectivity index (χ4v) is 1.54. The van der Waals surface area contributed by atoms with E-state index in [2.05, 4.69) is 0 Å². The Morgan fingerprint density at radius 2 is 1.94 bits per heavy atom. The van der Waals surface area contributed by atoms with Gasteiger partial charge in [0.2, 0.25) is 0 Å². The summed E-state index contributed by atoms with van der Waals surface area (Å²) in [6, 6.07) is -0.0813. The summed E-state index contributed by atoms with van der Waals surface area (Å²) in [5, 5.41) is 0. The van der Waals surface area contributed by atoms with Crippen LogP contribution in [0.3, 0.4) is 0 Å². The molecule has 0 aromatic heterocycles. The van der Waals surface area contributed by atoms with Crippen LogP contribution in [0.2, 0.25) is 0 Å². The fourth-order valence-electron chi connectivity index (χ4n) is 1.54. The minimum Gasteiger partial charge on any atom is -0.466 e. The van der Waals surface area contributed by atoms with E-state index in [0.717, 1.165) is 19.5 Å². The maximum atomic E-state index is 11.3. The molecular formula is C11H19NO4. The van der Waals surface area contributed by atoms with E-state index in [4.69, 9.17) is 9.47 Å². The molecule has 16 heavy (non-hydrogen) atoms. The third-order valence-electron chi connectivity index (χ3n) is 2.40. The number of carbonyl (C=O) groups excluding carboxylic acids is 2. The molecule has 5 nitrogen and oxygen atoms in total. The number of ether oxygens (including phenoxy) is 2. The van der Waals surface area contributed by atoms with Gasteiger partial charge in [-0.1, -0.05) is 0 Å². The molecule has 0 N–H and O–H groups in total. The zero-order chi connectivity index (χ0) is 12.0. The van der Waals surface area contributed by atoms with E-state index in [1.807, 2.05) is 4.90 Å². The zero-order valence-electron chi connectivity index (χ0n) is 9.90. The fraction of sp³-hybridized carbons (Fsp3) is 0.818. The van der Waals surface area contributed by atoms with Crippen molar-refractivity contribution in [2.45, 2.75) is 32.7 Å². The number of hydrogen-bond acceptors (Lipinski definition) is 5. The van der Waals surface area contributed by atoms with Crippen molar-refractivity contribution < 1.29 is 19.1 Å². The van der Waals surface area contributed by atoms with Crippen LogP contribution in [0, 0.1) is 0 Å². The van der Waals surface area contributed by atoms with Gasteiger partial charge in [-0.15, -0.1) is 0 Å². The summed E-state index contributed by atoms with van der Waals surface area (Å²) >= 11 is 0. The molecule has 0 saturated carbocycles. The summed E-state index contributed by atoms with van der Waals surface area (Å²) in [5.41, 5.74) is 0. The Labute approximate surface area is 95.7 Å². The molecule has 5 heteroatoms. The summed E-state index contributed by atoms with van der Waals surface area (Å²) in [4.78, 5) is 24.3. The summed E-state index contributed by atoms with van der Waals surface area (Å²) in [6.07, 6.45) is 1.15. The summed E-state index contributed by atoms with van der Waals surface area (Å²) < 4.78 is 9.70. The molecule has 0 aromatic rings. The number of esters is 2. The van der Waals surface area contributed by atoms with Crippen molar-refractivity contribution >= 4 is 11.9 Å². The molecule has 0 aromatic carbocycles. The molecule has 1 saturated heterocycles. The molecule has 1 fully saturated rings. The maximum absolute atomic E-state index is 11.3. The second-order valence-electron chi connectivity index (χ2n) is 3.67. The predicted molar refractivity (Wildman–Crippen MR) is 57.9 cm³/mol. The van der Waals surface area contributed by atoms with Crippen LogP contribution in [0.25, 0.3) is 0 Å². The van der Waals surface area contributed by atoms with Gasteiger partial charge in [-0.25, -0.2) is 0 Å². The van der Waals surface area contributed by atoms with Crippen LogP contribution in [0.1, 0.15) is 26.7 Å². The molecule has 1 aliphatic rings. The van der Waals surface area contributed by atoms with E-state index < -0.39 is 0 Å². The first kappa shape index (κ1) is 13.0. The van der Waals surface area contributed by atoms with Gasteiger partial charge in [-0.05, 0) is 26.8 Å². The quantitative estimate of drug-likeness (QED) is 0.472. The van der Waals surface area contributed by atoms with E-state index >= 15 is 0 Å². The molecule has 1 aliphatic heterocycles. The first-order valence-corrected chi connectivity index (χ1v) is 5.75. The monoisotopic (exact) mass is 229 g/mol. The number of carbonyl (C=O) groups is 2. The van der Waals surface area contributed by atoms with Crippen LogP contribution in [0.5, 0.6) is 0 Å². The van der Waals surface area contributed by atoms with Gasteiger partial charge in [-0.2, -0.15) is 0 Å². The largest absolute Gasteiger partial charge is 0.466 e. The number of rotatable bonds is 7. The molecule has 0 amide bonds. The Hall–Kier alpha value is -1.10. The Bertz CT molecular complexity index is 254. The number of nitrogens with zero attached hydrogens (tertiary/aromatic N) is 1. The Kier molecular flexibility index (Phi) is 5.25. The predicted octanol–water partition coefficient (Wildman–Crippen LogP) is 0.577. The van der Waals surface area contributed by atoms with Crippen molar-refractivity contribution in [2.75, 3.05) is 26.3 Å². The second-order valence-corrected chi connectivity index (χ2v) is 3.67. The highest BCUT2D eigenvalue weighted by atomic mass is 16.5. The Morgan fingerprint density at radius 3 is 2.56 bits per heavy atom. The minimum absolute atomic E-state index is 0.0813. The van der Waals surface area contributed by atoms with E-state index in [1.165, 1.54) is 0 Å². The molecule has 1 heterocycles. The molecule has 1 rings (SSSR count). The summed E-state index contributed by atoms with van der Waals surface area (Å²) in [6.45, 7) is 5.94. The lowest BCUT2D eigenvalue weighted by molar-refractivity contribution is -0.143. The smallest absolute Gasteiger partial charge is 0.324 e. The topological polar surface area (TPSA) is 55.6 Å². The van der Waals surface area contributed by atoms with Crippen LogP contribution in [-0.2, 0) is 19.1 Å². The highest BCUT2D eigenvalue weighted by molar-refractivity contribution is 5.79. The average molecular weight is 229 g/mol. The zero-order valence-corrected chi connectivity index (χ0v) is 9.90. The highest BCUT2D eigenvalue weighted by Gasteiger charge is 2.40. The first-order valence-electron chi connectivity index (χ1n) is 5.75. The van der Waals surface area contributed by atoms with E-state index in [9.17, 15) is 9.59 Å². The maximum Gasteiger partial charge on any atom is 0.324 e. The minimum atomic E-state index is -0.169. The molecule has 0 spiro atoms. The number of hydrogen-bond donors (Lipinski definition) is 0. The Morgan fingerprint density at radius 1 is 1.25 bits per heavy atom. The lowest BCUT2D eigenvalue weighted by atomic mass is 10.3. The standard InChI is InChI=1S/C11H19NO4/c1-3-15-10(13)6-5-7-12-8-9(12)11(14)16-4-2/h9H,3-8H2,1-2H3/t9-,12?/m1/s1. The molecule has 92 valence electrons. The van der Waals surface area contributed by atoms with Crippen LogP contribution in [0.4, 0.5) is 0 Å². The van der Waals surface area contributed by atoms with Gasteiger partial charge >= 0.3 is 11.9 Å². The molecule has 0 aliphatic carbocycles. The SMILES string of the molecule is CCOC(=O)CCCN1C[C@@H]1C(=O)OCC. The molecule has 0 bridgehead atoms. The van der Waals surface area contributed by atoms with Crippen molar-refractivity contribution in [2.24, 2.45) is 0 Å². The van der Waals surface area contributed by atoms with E-state index in [-0.39, 0.29) is 18.0 Å². The summed E-state index contributed by atoms with van der Waals surface area (Å²) in [7, 11) is 0. The van der Waals surface area contributed by atoms with Crippen molar-refractivity contribution in [1.82, 2.24) is 4.90 Å². The molecule has 2 atom stereocenters. The van der Waals surface area contributed by atoms with Gasteiger partial charge in [0.25, 0.3) is 0 Å². The normalized spacial score (nSPS) is 22.6.